The number of phenols is 1. The van der Waals surface area contributed by atoms with E-state index < -0.39 is 18.8 Å². The van der Waals surface area contributed by atoms with Crippen molar-refractivity contribution in [1.82, 2.24) is 5.32 Å². The molecule has 0 unspecified atom stereocenters. The van der Waals surface area contributed by atoms with Crippen LogP contribution in [0, 0.1) is 0 Å². The highest BCUT2D eigenvalue weighted by molar-refractivity contribution is 6.37. The molecule has 0 saturated carbocycles. The van der Waals surface area contributed by atoms with Crippen molar-refractivity contribution in [3.05, 3.63) is 22.2 Å². The van der Waals surface area contributed by atoms with Crippen molar-refractivity contribution in [2.45, 2.75) is 6.18 Å². The number of carbonyl (C=O) groups is 1. The van der Waals surface area contributed by atoms with Crippen molar-refractivity contribution < 1.29 is 23.1 Å². The summed E-state index contributed by atoms with van der Waals surface area (Å²) in [5.74, 6) is -0.375. The first kappa shape index (κ1) is 14.7. The second-order valence-electron chi connectivity index (χ2n) is 3.21. The van der Waals surface area contributed by atoms with Crippen LogP contribution < -0.4 is 10.6 Å². The summed E-state index contributed by atoms with van der Waals surface area (Å²) in [5, 5.41) is 12.7. The number of aromatic hydroxyl groups is 1. The van der Waals surface area contributed by atoms with Gasteiger partial charge in [-0.15, -0.1) is 0 Å². The van der Waals surface area contributed by atoms with Crippen molar-refractivity contribution in [3.63, 3.8) is 0 Å². The van der Waals surface area contributed by atoms with Gasteiger partial charge < -0.3 is 15.7 Å². The molecule has 9 heteroatoms. The van der Waals surface area contributed by atoms with E-state index in [0.29, 0.717) is 0 Å². The standard InChI is InChI=1S/C9H7Cl2F3N2O2/c10-5-1-4(2-6(11)7(5)17)16-8(18)15-3-9(12,13)14/h1-2,17H,3H2,(H2,15,16,18). The summed E-state index contributed by atoms with van der Waals surface area (Å²) in [6, 6.07) is 1.23. The maximum atomic E-state index is 11.8. The molecule has 1 aromatic carbocycles. The van der Waals surface area contributed by atoms with Crippen LogP contribution in [-0.4, -0.2) is 23.9 Å². The molecule has 100 valence electrons. The van der Waals surface area contributed by atoms with Gasteiger partial charge in [-0.25, -0.2) is 4.79 Å². The molecule has 0 spiro atoms. The summed E-state index contributed by atoms with van der Waals surface area (Å²) in [5.41, 5.74) is 0.0578. The first-order valence-corrected chi connectivity index (χ1v) is 5.24. The van der Waals surface area contributed by atoms with E-state index in [1.54, 1.807) is 5.32 Å². The Balaban J connectivity index is 2.65. The molecular weight excluding hydrogens is 296 g/mol. The quantitative estimate of drug-likeness (QED) is 0.733. The van der Waals surface area contributed by atoms with Gasteiger partial charge in [0.15, 0.2) is 5.75 Å². The number of benzene rings is 1. The number of hydrogen-bond acceptors (Lipinski definition) is 2. The van der Waals surface area contributed by atoms with E-state index in [2.05, 4.69) is 5.32 Å². The number of anilines is 1. The molecule has 3 N–H and O–H groups in total. The number of nitrogens with one attached hydrogen (secondary N) is 2. The Kier molecular flexibility index (Phi) is 4.53. The van der Waals surface area contributed by atoms with Gasteiger partial charge in [-0.1, -0.05) is 23.2 Å². The van der Waals surface area contributed by atoms with Crippen LogP contribution in [0.1, 0.15) is 0 Å². The molecule has 0 fully saturated rings. The van der Waals surface area contributed by atoms with Crippen LogP contribution in [0.3, 0.4) is 0 Å². The highest BCUT2D eigenvalue weighted by atomic mass is 35.5. The van der Waals surface area contributed by atoms with E-state index in [4.69, 9.17) is 23.2 Å². The largest absolute Gasteiger partial charge is 0.505 e. The molecule has 4 nitrogen and oxygen atoms in total. The summed E-state index contributed by atoms with van der Waals surface area (Å²) < 4.78 is 35.5. The molecule has 0 aliphatic carbocycles. The predicted octanol–water partition coefficient (Wildman–Crippen LogP) is 3.38. The van der Waals surface area contributed by atoms with E-state index in [1.807, 2.05) is 0 Å². The van der Waals surface area contributed by atoms with Gasteiger partial charge in [0.25, 0.3) is 0 Å². The fraction of sp³-hybridized carbons (Fsp3) is 0.222. The number of carbonyl (C=O) groups excluding carboxylic acids is 1. The lowest BCUT2D eigenvalue weighted by Crippen LogP contribution is -2.36. The number of rotatable bonds is 2. The molecule has 0 heterocycles. The minimum absolute atomic E-state index is 0.0578. The normalized spacial score (nSPS) is 11.2. The minimum atomic E-state index is -4.50. The van der Waals surface area contributed by atoms with Gasteiger partial charge in [-0.2, -0.15) is 13.2 Å². The van der Waals surface area contributed by atoms with Gasteiger partial charge in [0.2, 0.25) is 0 Å². The second-order valence-corrected chi connectivity index (χ2v) is 4.03. The molecule has 0 bridgehead atoms. The number of phenolic OH excluding ortho intramolecular Hbond substituents is 1. The maximum Gasteiger partial charge on any atom is 0.405 e. The third-order valence-electron chi connectivity index (χ3n) is 1.72. The predicted molar refractivity (Wildman–Crippen MR) is 61.2 cm³/mol. The van der Waals surface area contributed by atoms with Crippen molar-refractivity contribution in [2.24, 2.45) is 0 Å². The molecule has 1 rings (SSSR count). The van der Waals surface area contributed by atoms with Gasteiger partial charge in [0.1, 0.15) is 6.54 Å². The van der Waals surface area contributed by atoms with Gasteiger partial charge in [0.05, 0.1) is 10.0 Å². The number of hydrogen-bond donors (Lipinski definition) is 3. The molecule has 2 amide bonds. The number of halogens is 5. The Morgan fingerprint density at radius 3 is 2.22 bits per heavy atom. The van der Waals surface area contributed by atoms with E-state index in [1.165, 1.54) is 0 Å². The summed E-state index contributed by atoms with van der Waals surface area (Å²) in [4.78, 5) is 11.1. The van der Waals surface area contributed by atoms with Crippen molar-refractivity contribution in [3.8, 4) is 5.75 Å². The molecule has 0 aliphatic heterocycles. The highest BCUT2D eigenvalue weighted by Gasteiger charge is 2.27. The Morgan fingerprint density at radius 1 is 1.28 bits per heavy atom. The smallest absolute Gasteiger partial charge is 0.405 e. The van der Waals surface area contributed by atoms with Gasteiger partial charge in [-0.05, 0) is 12.1 Å². The van der Waals surface area contributed by atoms with Crippen molar-refractivity contribution >= 4 is 34.9 Å². The van der Waals surface area contributed by atoms with Crippen molar-refractivity contribution in [2.75, 3.05) is 11.9 Å². The molecule has 0 aliphatic rings. The summed E-state index contributed by atoms with van der Waals surface area (Å²) >= 11 is 11.1. The first-order chi connectivity index (χ1) is 8.19. The first-order valence-electron chi connectivity index (χ1n) is 4.48. The molecular formula is C9H7Cl2F3N2O2. The Hall–Kier alpha value is -1.34. The van der Waals surface area contributed by atoms with E-state index in [0.717, 1.165) is 12.1 Å². The third-order valence-corrected chi connectivity index (χ3v) is 2.30. The van der Waals surface area contributed by atoms with E-state index >= 15 is 0 Å². The van der Waals surface area contributed by atoms with Crippen LogP contribution in [0.2, 0.25) is 10.0 Å². The van der Waals surface area contributed by atoms with Crippen LogP contribution in [0.15, 0.2) is 12.1 Å². The van der Waals surface area contributed by atoms with Gasteiger partial charge in [-0.3, -0.25) is 0 Å². The average molecular weight is 303 g/mol. The monoisotopic (exact) mass is 302 g/mol. The van der Waals surface area contributed by atoms with Crippen molar-refractivity contribution in [1.29, 1.82) is 0 Å². The highest BCUT2D eigenvalue weighted by Crippen LogP contribution is 2.34. The molecule has 0 saturated heterocycles. The topological polar surface area (TPSA) is 61.4 Å². The summed E-state index contributed by atoms with van der Waals surface area (Å²) in [6.07, 6.45) is -4.50. The van der Waals surface area contributed by atoms with Crippen LogP contribution in [-0.2, 0) is 0 Å². The summed E-state index contributed by atoms with van der Waals surface area (Å²) in [7, 11) is 0. The SMILES string of the molecule is O=C(NCC(F)(F)F)Nc1cc(Cl)c(O)c(Cl)c1. The van der Waals surface area contributed by atoms with Crippen LogP contribution in [0.25, 0.3) is 0 Å². The molecule has 1 aromatic rings. The number of urea groups is 1. The Labute approximate surface area is 110 Å². The molecule has 18 heavy (non-hydrogen) atoms. The molecule has 0 radical (unpaired) electrons. The van der Waals surface area contributed by atoms with E-state index in [-0.39, 0.29) is 21.5 Å². The fourth-order valence-corrected chi connectivity index (χ4v) is 1.48. The zero-order chi connectivity index (χ0) is 13.9. The lowest BCUT2D eigenvalue weighted by molar-refractivity contribution is -0.122. The molecule has 0 atom stereocenters. The van der Waals surface area contributed by atoms with Gasteiger partial charge in [0, 0.05) is 5.69 Å². The second kappa shape index (κ2) is 5.53. The number of amides is 2. The van der Waals surface area contributed by atoms with Gasteiger partial charge >= 0.3 is 12.2 Å². The zero-order valence-electron chi connectivity index (χ0n) is 8.61. The van der Waals surface area contributed by atoms with Crippen LogP contribution >= 0.6 is 23.2 Å². The van der Waals surface area contributed by atoms with Crippen LogP contribution in [0.5, 0.6) is 5.75 Å². The third kappa shape index (κ3) is 4.50. The average Bonchev–Trinajstić information content (AvgIpc) is 2.22. The minimum Gasteiger partial charge on any atom is -0.505 e. The summed E-state index contributed by atoms with van der Waals surface area (Å²) in [6.45, 7) is -1.46. The van der Waals surface area contributed by atoms with Crippen LogP contribution in [0.4, 0.5) is 23.7 Å². The number of alkyl halides is 3. The Morgan fingerprint density at radius 2 is 1.78 bits per heavy atom. The fourth-order valence-electron chi connectivity index (χ4n) is 0.993. The lowest BCUT2D eigenvalue weighted by Gasteiger charge is -2.10. The lowest BCUT2D eigenvalue weighted by atomic mass is 10.3. The zero-order valence-corrected chi connectivity index (χ0v) is 10.1. The maximum absolute atomic E-state index is 11.8. The van der Waals surface area contributed by atoms with E-state index in [9.17, 15) is 23.1 Å². The molecule has 0 aromatic heterocycles. The Bertz CT molecular complexity index is 443.